The number of nitrogen functional groups attached to an aromatic ring is 1. The smallest absolute Gasteiger partial charge is 0.244 e. The lowest BCUT2D eigenvalue weighted by molar-refractivity contribution is -0.134. The highest BCUT2D eigenvalue weighted by molar-refractivity contribution is 6.32. The molecule has 4 rings (SSSR count). The number of amides is 1. The van der Waals surface area contributed by atoms with Gasteiger partial charge in [0, 0.05) is 37.9 Å². The fourth-order valence-electron chi connectivity index (χ4n) is 3.83. The molecule has 30 heavy (non-hydrogen) atoms. The summed E-state index contributed by atoms with van der Waals surface area (Å²) in [6.07, 6.45) is 1.64. The van der Waals surface area contributed by atoms with Gasteiger partial charge < -0.3 is 20.3 Å². The lowest BCUT2D eigenvalue weighted by Gasteiger charge is -2.41. The molecule has 3 heterocycles. The molecule has 158 valence electrons. The maximum Gasteiger partial charge on any atom is 0.244 e. The SMILES string of the molecule is COc1cc(N2CCN(C(=O)Cn3nc(N)c4cccnc43)C(C)C2)c(F)cc1Cl. The average Bonchev–Trinajstić information content (AvgIpc) is 3.03. The molecule has 0 spiro atoms. The van der Waals surface area contributed by atoms with E-state index in [0.717, 1.165) is 5.39 Å². The minimum absolute atomic E-state index is 0.0399. The number of halogens is 2. The first-order valence-electron chi connectivity index (χ1n) is 9.53. The number of benzene rings is 1. The molecule has 3 aromatic rings. The summed E-state index contributed by atoms with van der Waals surface area (Å²) in [7, 11) is 1.49. The topological polar surface area (TPSA) is 89.5 Å². The Hall–Kier alpha value is -3.07. The molecule has 0 saturated carbocycles. The summed E-state index contributed by atoms with van der Waals surface area (Å²) < 4.78 is 21.2. The van der Waals surface area contributed by atoms with Gasteiger partial charge >= 0.3 is 0 Å². The molecule has 1 aromatic carbocycles. The van der Waals surface area contributed by atoms with Gasteiger partial charge in [-0.1, -0.05) is 11.6 Å². The summed E-state index contributed by atoms with van der Waals surface area (Å²) in [6.45, 7) is 3.39. The third-order valence-corrected chi connectivity index (χ3v) is 5.63. The van der Waals surface area contributed by atoms with Crippen LogP contribution in [0.15, 0.2) is 30.5 Å². The van der Waals surface area contributed by atoms with Crippen molar-refractivity contribution < 1.29 is 13.9 Å². The molecule has 1 atom stereocenters. The lowest BCUT2D eigenvalue weighted by Crippen LogP contribution is -2.55. The second-order valence-corrected chi connectivity index (χ2v) is 7.64. The first-order chi connectivity index (χ1) is 14.4. The third-order valence-electron chi connectivity index (χ3n) is 5.33. The molecule has 10 heteroatoms. The normalized spacial score (nSPS) is 16.9. The molecule has 8 nitrogen and oxygen atoms in total. The molecule has 1 unspecified atom stereocenters. The summed E-state index contributed by atoms with van der Waals surface area (Å²) in [5.74, 6) is 0.245. The second-order valence-electron chi connectivity index (χ2n) is 7.24. The van der Waals surface area contributed by atoms with E-state index in [2.05, 4.69) is 10.1 Å². The maximum atomic E-state index is 14.5. The van der Waals surface area contributed by atoms with E-state index in [1.165, 1.54) is 17.9 Å². The van der Waals surface area contributed by atoms with Crippen molar-refractivity contribution in [2.24, 2.45) is 0 Å². The molecule has 2 N–H and O–H groups in total. The molecule has 1 saturated heterocycles. The van der Waals surface area contributed by atoms with E-state index in [0.29, 0.717) is 42.5 Å². The van der Waals surface area contributed by atoms with Crippen LogP contribution in [0, 0.1) is 5.82 Å². The number of hydrogen-bond acceptors (Lipinski definition) is 6. The zero-order valence-corrected chi connectivity index (χ0v) is 17.4. The number of nitrogens with two attached hydrogens (primary N) is 1. The van der Waals surface area contributed by atoms with Crippen LogP contribution in [0.4, 0.5) is 15.9 Å². The van der Waals surface area contributed by atoms with Gasteiger partial charge in [-0.25, -0.2) is 14.1 Å². The van der Waals surface area contributed by atoms with Crippen LogP contribution in [0.1, 0.15) is 6.92 Å². The van der Waals surface area contributed by atoms with Crippen molar-refractivity contribution in [3.63, 3.8) is 0 Å². The number of pyridine rings is 1. The van der Waals surface area contributed by atoms with Crippen LogP contribution in [0.3, 0.4) is 0 Å². The van der Waals surface area contributed by atoms with Gasteiger partial charge in [0.1, 0.15) is 18.1 Å². The second kappa shape index (κ2) is 7.98. The Bertz CT molecular complexity index is 1100. The standard InChI is InChI=1S/C20H22ClFN6O2/c1-12-10-26(16-9-17(30-2)14(21)8-15(16)22)6-7-27(12)18(29)11-28-20-13(19(23)25-28)4-3-5-24-20/h3-5,8-9,12H,6-7,10-11H2,1-2H3,(H2,23,25). The molecule has 0 aliphatic carbocycles. The van der Waals surface area contributed by atoms with Crippen molar-refractivity contribution in [3.8, 4) is 5.75 Å². The maximum absolute atomic E-state index is 14.5. The van der Waals surface area contributed by atoms with Crippen LogP contribution in [0.5, 0.6) is 5.75 Å². The molecule has 1 fully saturated rings. The van der Waals surface area contributed by atoms with Crippen LogP contribution in [0.2, 0.25) is 5.02 Å². The molecule has 0 radical (unpaired) electrons. The van der Waals surface area contributed by atoms with E-state index in [1.807, 2.05) is 17.9 Å². The van der Waals surface area contributed by atoms with Crippen LogP contribution >= 0.6 is 11.6 Å². The Labute approximate surface area is 178 Å². The van der Waals surface area contributed by atoms with Gasteiger partial charge in [-0.15, -0.1) is 0 Å². The number of carbonyl (C=O) groups is 1. The number of methoxy groups -OCH3 is 1. The number of nitrogens with zero attached hydrogens (tertiary/aromatic N) is 5. The van der Waals surface area contributed by atoms with Gasteiger partial charge in [0.05, 0.1) is 23.2 Å². The molecular weight excluding hydrogens is 411 g/mol. The van der Waals surface area contributed by atoms with Crippen molar-refractivity contribution in [1.82, 2.24) is 19.7 Å². The van der Waals surface area contributed by atoms with E-state index >= 15 is 0 Å². The zero-order chi connectivity index (χ0) is 21.4. The van der Waals surface area contributed by atoms with E-state index < -0.39 is 5.82 Å². The number of hydrogen-bond donors (Lipinski definition) is 1. The van der Waals surface area contributed by atoms with Crippen molar-refractivity contribution >= 4 is 40.0 Å². The zero-order valence-electron chi connectivity index (χ0n) is 16.7. The number of rotatable bonds is 4. The number of carbonyl (C=O) groups excluding carboxylic acids is 1. The van der Waals surface area contributed by atoms with Gasteiger partial charge in [0.2, 0.25) is 5.91 Å². The molecule has 2 aromatic heterocycles. The van der Waals surface area contributed by atoms with Crippen LogP contribution in [0.25, 0.3) is 11.0 Å². The Balaban J connectivity index is 1.49. The van der Waals surface area contributed by atoms with Crippen molar-refractivity contribution in [2.45, 2.75) is 19.5 Å². The molecular formula is C20H22ClFN6O2. The number of ether oxygens (including phenoxy) is 1. The van der Waals surface area contributed by atoms with Gasteiger partial charge in [-0.3, -0.25) is 4.79 Å². The monoisotopic (exact) mass is 432 g/mol. The Morgan fingerprint density at radius 1 is 1.40 bits per heavy atom. The van der Waals surface area contributed by atoms with Gasteiger partial charge in [0.15, 0.2) is 11.5 Å². The van der Waals surface area contributed by atoms with Crippen molar-refractivity contribution in [2.75, 3.05) is 37.4 Å². The van der Waals surface area contributed by atoms with Crippen molar-refractivity contribution in [3.05, 3.63) is 41.3 Å². The van der Waals surface area contributed by atoms with Gasteiger partial charge in [0.25, 0.3) is 0 Å². The van der Waals surface area contributed by atoms with Crippen LogP contribution in [-0.2, 0) is 11.3 Å². The number of aromatic nitrogens is 3. The summed E-state index contributed by atoms with van der Waals surface area (Å²) >= 11 is 6.00. The minimum Gasteiger partial charge on any atom is -0.495 e. The fourth-order valence-corrected chi connectivity index (χ4v) is 4.05. The van der Waals surface area contributed by atoms with E-state index in [4.69, 9.17) is 22.1 Å². The van der Waals surface area contributed by atoms with Crippen LogP contribution < -0.4 is 15.4 Å². The molecule has 1 amide bonds. The lowest BCUT2D eigenvalue weighted by atomic mass is 10.1. The number of fused-ring (bicyclic) bond motifs is 1. The van der Waals surface area contributed by atoms with E-state index in [-0.39, 0.29) is 23.5 Å². The highest BCUT2D eigenvalue weighted by Crippen LogP contribution is 2.33. The number of anilines is 2. The average molecular weight is 433 g/mol. The summed E-state index contributed by atoms with van der Waals surface area (Å²) in [5.41, 5.74) is 6.91. The Kier molecular flexibility index (Phi) is 5.38. The van der Waals surface area contributed by atoms with Crippen molar-refractivity contribution in [1.29, 1.82) is 0 Å². The highest BCUT2D eigenvalue weighted by atomic mass is 35.5. The first kappa shape index (κ1) is 20.2. The van der Waals surface area contributed by atoms with Gasteiger partial charge in [-0.2, -0.15) is 5.10 Å². The predicted molar refractivity (Wildman–Crippen MR) is 113 cm³/mol. The predicted octanol–water partition coefficient (Wildman–Crippen LogP) is 2.55. The Morgan fingerprint density at radius 2 is 2.20 bits per heavy atom. The minimum atomic E-state index is -0.419. The van der Waals surface area contributed by atoms with Crippen LogP contribution in [-0.4, -0.2) is 58.4 Å². The largest absolute Gasteiger partial charge is 0.495 e. The Morgan fingerprint density at radius 3 is 2.93 bits per heavy atom. The first-order valence-corrected chi connectivity index (χ1v) is 9.91. The fraction of sp³-hybridized carbons (Fsp3) is 0.350. The summed E-state index contributed by atoms with van der Waals surface area (Å²) in [6, 6.07) is 6.31. The van der Waals surface area contributed by atoms with Gasteiger partial charge in [-0.05, 0) is 25.1 Å². The summed E-state index contributed by atoms with van der Waals surface area (Å²) in [5, 5.41) is 5.19. The summed E-state index contributed by atoms with van der Waals surface area (Å²) in [4.78, 5) is 20.9. The number of piperazine rings is 1. The quantitative estimate of drug-likeness (QED) is 0.681. The third kappa shape index (κ3) is 3.60. The molecule has 1 aliphatic heterocycles. The highest BCUT2D eigenvalue weighted by Gasteiger charge is 2.29. The van der Waals surface area contributed by atoms with E-state index in [1.54, 1.807) is 23.2 Å². The molecule has 1 aliphatic rings. The molecule has 0 bridgehead atoms. The van der Waals surface area contributed by atoms with E-state index in [9.17, 15) is 9.18 Å².